The third kappa shape index (κ3) is 7.59. The first-order chi connectivity index (χ1) is 15.8. The van der Waals surface area contributed by atoms with Crippen LogP contribution in [0.15, 0.2) is 66.7 Å². The Balaban J connectivity index is 1.48. The van der Waals surface area contributed by atoms with Crippen LogP contribution in [0, 0.1) is 5.82 Å². The molecule has 0 spiro atoms. The zero-order valence-electron chi connectivity index (χ0n) is 18.5. The SMILES string of the molecule is C[C@H](Cc1cccc(C(=O)NCCc2cccc(F)c2)c1)NC[C@H](O)c1cc(O)cc(O)c1. The van der Waals surface area contributed by atoms with E-state index in [0.29, 0.717) is 30.5 Å². The zero-order valence-corrected chi connectivity index (χ0v) is 18.5. The van der Waals surface area contributed by atoms with E-state index in [1.807, 2.05) is 31.2 Å². The van der Waals surface area contributed by atoms with Gasteiger partial charge in [-0.25, -0.2) is 4.39 Å². The standard InChI is InChI=1S/C26H29FN2O4/c1-17(29-16-25(32)21-13-23(30)15-24(31)14-21)10-19-5-2-6-20(11-19)26(33)28-9-8-18-4-3-7-22(27)12-18/h2-7,11-15,17,25,29-32H,8-10,16H2,1H3,(H,28,33)/t17-,25+/m1/s1. The van der Waals surface area contributed by atoms with Crippen molar-refractivity contribution in [3.05, 3.63) is 94.8 Å². The van der Waals surface area contributed by atoms with Crippen LogP contribution in [0.5, 0.6) is 11.5 Å². The van der Waals surface area contributed by atoms with Crippen LogP contribution in [0.3, 0.4) is 0 Å². The second-order valence-electron chi connectivity index (χ2n) is 8.15. The fourth-order valence-corrected chi connectivity index (χ4v) is 3.62. The predicted octanol–water partition coefficient (Wildman–Crippen LogP) is 3.46. The summed E-state index contributed by atoms with van der Waals surface area (Å²) in [6, 6.07) is 17.7. The van der Waals surface area contributed by atoms with Crippen molar-refractivity contribution in [2.75, 3.05) is 13.1 Å². The molecule has 174 valence electrons. The molecule has 3 aromatic carbocycles. The van der Waals surface area contributed by atoms with Gasteiger partial charge in [0.15, 0.2) is 0 Å². The van der Waals surface area contributed by atoms with E-state index in [1.165, 1.54) is 30.3 Å². The van der Waals surface area contributed by atoms with E-state index < -0.39 is 6.10 Å². The van der Waals surface area contributed by atoms with Gasteiger partial charge in [-0.3, -0.25) is 4.79 Å². The summed E-state index contributed by atoms with van der Waals surface area (Å²) in [5.41, 5.74) is 2.77. The molecule has 5 N–H and O–H groups in total. The van der Waals surface area contributed by atoms with Crippen LogP contribution in [0.1, 0.15) is 40.1 Å². The van der Waals surface area contributed by atoms with Crippen molar-refractivity contribution in [3.8, 4) is 11.5 Å². The van der Waals surface area contributed by atoms with Crippen LogP contribution >= 0.6 is 0 Å². The van der Waals surface area contributed by atoms with Crippen molar-refractivity contribution in [2.45, 2.75) is 31.9 Å². The third-order valence-electron chi connectivity index (χ3n) is 5.29. The van der Waals surface area contributed by atoms with E-state index in [0.717, 1.165) is 11.1 Å². The number of phenolic OH excluding ortho intramolecular Hbond substituents is 2. The minimum absolute atomic E-state index is 0.0110. The second kappa shape index (κ2) is 11.4. The van der Waals surface area contributed by atoms with Gasteiger partial charge < -0.3 is 26.0 Å². The molecule has 0 aliphatic heterocycles. The van der Waals surface area contributed by atoms with Gasteiger partial charge in [-0.05, 0) is 72.9 Å². The van der Waals surface area contributed by atoms with Gasteiger partial charge in [0.2, 0.25) is 0 Å². The normalized spacial score (nSPS) is 12.8. The van der Waals surface area contributed by atoms with Gasteiger partial charge in [-0.1, -0.05) is 24.3 Å². The van der Waals surface area contributed by atoms with Gasteiger partial charge >= 0.3 is 0 Å². The number of halogens is 1. The fraction of sp³-hybridized carbons (Fsp3) is 0.269. The molecule has 0 saturated heterocycles. The van der Waals surface area contributed by atoms with E-state index in [4.69, 9.17) is 0 Å². The van der Waals surface area contributed by atoms with Crippen LogP contribution in [0.25, 0.3) is 0 Å². The first-order valence-corrected chi connectivity index (χ1v) is 10.9. The summed E-state index contributed by atoms with van der Waals surface area (Å²) in [6.45, 7) is 2.62. The lowest BCUT2D eigenvalue weighted by Crippen LogP contribution is -2.32. The van der Waals surface area contributed by atoms with Crippen molar-refractivity contribution in [2.24, 2.45) is 0 Å². The number of carbonyl (C=O) groups excluding carboxylic acids is 1. The van der Waals surface area contributed by atoms with Gasteiger partial charge in [-0.15, -0.1) is 0 Å². The smallest absolute Gasteiger partial charge is 0.251 e. The van der Waals surface area contributed by atoms with Crippen molar-refractivity contribution < 1.29 is 24.5 Å². The molecule has 2 atom stereocenters. The highest BCUT2D eigenvalue weighted by Gasteiger charge is 2.13. The molecule has 0 aliphatic rings. The maximum atomic E-state index is 13.3. The van der Waals surface area contributed by atoms with Crippen molar-refractivity contribution >= 4 is 5.91 Å². The van der Waals surface area contributed by atoms with Crippen molar-refractivity contribution in [1.29, 1.82) is 0 Å². The Kier molecular flexibility index (Phi) is 8.40. The number of nitrogens with one attached hydrogen (secondary N) is 2. The molecular weight excluding hydrogens is 423 g/mol. The Morgan fingerprint density at radius 3 is 2.39 bits per heavy atom. The Morgan fingerprint density at radius 1 is 0.970 bits per heavy atom. The minimum atomic E-state index is -0.888. The highest BCUT2D eigenvalue weighted by atomic mass is 19.1. The first-order valence-electron chi connectivity index (χ1n) is 10.9. The van der Waals surface area contributed by atoms with Crippen LogP contribution in [0.4, 0.5) is 4.39 Å². The topological polar surface area (TPSA) is 102 Å². The largest absolute Gasteiger partial charge is 0.508 e. The molecule has 33 heavy (non-hydrogen) atoms. The second-order valence-corrected chi connectivity index (χ2v) is 8.15. The highest BCUT2D eigenvalue weighted by molar-refractivity contribution is 5.94. The molecule has 6 nitrogen and oxygen atoms in total. The summed E-state index contributed by atoms with van der Waals surface area (Å²) < 4.78 is 13.3. The van der Waals surface area contributed by atoms with Crippen LogP contribution in [-0.2, 0) is 12.8 Å². The Morgan fingerprint density at radius 2 is 1.67 bits per heavy atom. The molecule has 0 radical (unpaired) electrons. The number of phenols is 2. The number of amides is 1. The lowest BCUT2D eigenvalue weighted by atomic mass is 10.0. The van der Waals surface area contributed by atoms with Gasteiger partial charge in [0, 0.05) is 30.8 Å². The summed E-state index contributed by atoms with van der Waals surface area (Å²) >= 11 is 0. The Bertz CT molecular complexity index is 1070. The summed E-state index contributed by atoms with van der Waals surface area (Å²) in [7, 11) is 0. The molecule has 0 bridgehead atoms. The van der Waals surface area contributed by atoms with Crippen LogP contribution < -0.4 is 10.6 Å². The predicted molar refractivity (Wildman–Crippen MR) is 125 cm³/mol. The van der Waals surface area contributed by atoms with Gasteiger partial charge in [0.05, 0.1) is 6.10 Å². The molecule has 3 rings (SSSR count). The molecular formula is C26H29FN2O4. The average molecular weight is 453 g/mol. The summed E-state index contributed by atoms with van der Waals surface area (Å²) in [4.78, 5) is 12.5. The van der Waals surface area contributed by atoms with E-state index in [2.05, 4.69) is 10.6 Å². The summed E-state index contributed by atoms with van der Waals surface area (Å²) in [6.07, 6.45) is 0.298. The van der Waals surface area contributed by atoms with Crippen LogP contribution in [-0.4, -0.2) is 40.4 Å². The lowest BCUT2D eigenvalue weighted by molar-refractivity contribution is 0.0954. The number of carbonyl (C=O) groups is 1. The van der Waals surface area contributed by atoms with Gasteiger partial charge in [-0.2, -0.15) is 0 Å². The summed E-state index contributed by atoms with van der Waals surface area (Å²) in [5, 5.41) is 35.6. The van der Waals surface area contributed by atoms with Gasteiger partial charge in [0.25, 0.3) is 5.91 Å². The molecule has 3 aromatic rings. The number of rotatable bonds is 10. The zero-order chi connectivity index (χ0) is 23.8. The third-order valence-corrected chi connectivity index (χ3v) is 5.29. The maximum Gasteiger partial charge on any atom is 0.251 e. The lowest BCUT2D eigenvalue weighted by Gasteiger charge is -2.18. The molecule has 1 amide bonds. The number of hydrogen-bond donors (Lipinski definition) is 5. The quantitative estimate of drug-likeness (QED) is 0.324. The molecule has 0 heterocycles. The molecule has 0 unspecified atom stereocenters. The van der Waals surface area contributed by atoms with E-state index >= 15 is 0 Å². The molecule has 0 aromatic heterocycles. The van der Waals surface area contributed by atoms with Crippen LogP contribution in [0.2, 0.25) is 0 Å². The van der Waals surface area contributed by atoms with Crippen molar-refractivity contribution in [1.82, 2.24) is 10.6 Å². The van der Waals surface area contributed by atoms with E-state index in [1.54, 1.807) is 12.1 Å². The molecule has 0 saturated carbocycles. The van der Waals surface area contributed by atoms with E-state index in [-0.39, 0.29) is 35.8 Å². The Hall–Kier alpha value is -3.42. The number of aromatic hydroxyl groups is 2. The first kappa shape index (κ1) is 24.2. The van der Waals surface area contributed by atoms with Gasteiger partial charge in [0.1, 0.15) is 17.3 Å². The fourth-order valence-electron chi connectivity index (χ4n) is 3.62. The molecule has 0 fully saturated rings. The number of aliphatic hydroxyl groups excluding tert-OH is 1. The number of hydrogen-bond acceptors (Lipinski definition) is 5. The minimum Gasteiger partial charge on any atom is -0.508 e. The molecule has 0 aliphatic carbocycles. The maximum absolute atomic E-state index is 13.3. The number of aliphatic hydroxyl groups is 1. The van der Waals surface area contributed by atoms with E-state index in [9.17, 15) is 24.5 Å². The highest BCUT2D eigenvalue weighted by Crippen LogP contribution is 2.24. The number of benzene rings is 3. The Labute approximate surface area is 192 Å². The average Bonchev–Trinajstić information content (AvgIpc) is 2.77. The molecule has 7 heteroatoms. The van der Waals surface area contributed by atoms with Crippen molar-refractivity contribution in [3.63, 3.8) is 0 Å². The monoisotopic (exact) mass is 452 g/mol. The summed E-state index contributed by atoms with van der Waals surface area (Å²) in [5.74, 6) is -0.693.